The van der Waals surface area contributed by atoms with Crippen LogP contribution < -0.4 is 5.32 Å². The van der Waals surface area contributed by atoms with Crippen LogP contribution in [0.1, 0.15) is 22.9 Å². The van der Waals surface area contributed by atoms with E-state index in [4.69, 9.17) is 0 Å². The molecule has 0 aliphatic rings. The van der Waals surface area contributed by atoms with Crippen molar-refractivity contribution in [1.82, 2.24) is 14.7 Å². The Bertz CT molecular complexity index is 856. The predicted molar refractivity (Wildman–Crippen MR) is 82.9 cm³/mol. The van der Waals surface area contributed by atoms with Gasteiger partial charge in [-0.05, 0) is 36.2 Å². The van der Waals surface area contributed by atoms with Gasteiger partial charge in [-0.2, -0.15) is 0 Å². The molecule has 2 heterocycles. The van der Waals surface area contributed by atoms with Crippen LogP contribution in [0.4, 0.5) is 13.2 Å². The number of aromatic nitrogens is 2. The van der Waals surface area contributed by atoms with Crippen molar-refractivity contribution in [1.29, 1.82) is 0 Å². The van der Waals surface area contributed by atoms with E-state index in [1.807, 2.05) is 29.7 Å². The molecule has 3 aromatic rings. The third kappa shape index (κ3) is 3.13. The van der Waals surface area contributed by atoms with Crippen molar-refractivity contribution in [3.63, 3.8) is 0 Å². The van der Waals surface area contributed by atoms with E-state index in [0.29, 0.717) is 6.54 Å². The van der Waals surface area contributed by atoms with Crippen LogP contribution in [0, 0.1) is 24.4 Å². The first-order valence-corrected chi connectivity index (χ1v) is 7.41. The van der Waals surface area contributed by atoms with Crippen LogP contribution >= 0.6 is 0 Å². The highest BCUT2D eigenvalue weighted by Crippen LogP contribution is 2.20. The maximum absolute atomic E-state index is 13.4. The molecule has 1 unspecified atom stereocenters. The molecular formula is C17H16F3N3O. The first kappa shape index (κ1) is 16.5. The first-order chi connectivity index (χ1) is 11.5. The fourth-order valence-electron chi connectivity index (χ4n) is 2.56. The van der Waals surface area contributed by atoms with Crippen molar-refractivity contribution in [3.8, 4) is 0 Å². The SMILES string of the molecule is Cc1ccc2ncc(CNC(CO)c3cc(F)c(F)c(F)c3)n2c1. The molecule has 0 amide bonds. The molecule has 0 radical (unpaired) electrons. The molecule has 0 aliphatic carbocycles. The van der Waals surface area contributed by atoms with Crippen molar-refractivity contribution in [3.05, 3.63) is 70.9 Å². The van der Waals surface area contributed by atoms with E-state index in [-0.39, 0.29) is 12.2 Å². The van der Waals surface area contributed by atoms with Crippen LogP contribution in [0.3, 0.4) is 0 Å². The Kier molecular flexibility index (Phi) is 4.55. The molecule has 0 saturated heterocycles. The Balaban J connectivity index is 1.82. The average molecular weight is 335 g/mol. The number of benzene rings is 1. The summed E-state index contributed by atoms with van der Waals surface area (Å²) in [6, 6.07) is 4.85. The molecule has 2 N–H and O–H groups in total. The Morgan fingerprint density at radius 2 is 1.92 bits per heavy atom. The number of aryl methyl sites for hydroxylation is 1. The highest BCUT2D eigenvalue weighted by atomic mass is 19.2. The molecule has 0 fully saturated rings. The van der Waals surface area contributed by atoms with Gasteiger partial charge in [0.05, 0.1) is 24.5 Å². The van der Waals surface area contributed by atoms with Crippen molar-refractivity contribution in [2.75, 3.05) is 6.61 Å². The van der Waals surface area contributed by atoms with Gasteiger partial charge in [-0.25, -0.2) is 18.2 Å². The third-order valence-corrected chi connectivity index (χ3v) is 3.85. The normalized spacial score (nSPS) is 12.7. The zero-order valence-electron chi connectivity index (χ0n) is 12.9. The number of hydrogen-bond donors (Lipinski definition) is 2. The lowest BCUT2D eigenvalue weighted by Crippen LogP contribution is -2.25. The minimum Gasteiger partial charge on any atom is -0.394 e. The van der Waals surface area contributed by atoms with Crippen LogP contribution in [0.2, 0.25) is 0 Å². The highest BCUT2D eigenvalue weighted by Gasteiger charge is 2.17. The van der Waals surface area contributed by atoms with Gasteiger partial charge in [0.25, 0.3) is 0 Å². The highest BCUT2D eigenvalue weighted by molar-refractivity contribution is 5.41. The lowest BCUT2D eigenvalue weighted by Gasteiger charge is -2.17. The Morgan fingerprint density at radius 3 is 2.58 bits per heavy atom. The lowest BCUT2D eigenvalue weighted by atomic mass is 10.1. The standard InChI is InChI=1S/C17H16F3N3O/c1-10-2-3-16-22-7-12(23(16)8-10)6-21-15(9-24)11-4-13(18)17(20)14(19)5-11/h2-5,7-8,15,21,24H,6,9H2,1H3. The summed E-state index contributed by atoms with van der Waals surface area (Å²) in [6.45, 7) is 1.88. The lowest BCUT2D eigenvalue weighted by molar-refractivity contribution is 0.242. The number of rotatable bonds is 5. The van der Waals surface area contributed by atoms with Crippen molar-refractivity contribution in [2.45, 2.75) is 19.5 Å². The molecule has 0 spiro atoms. The number of halogens is 3. The maximum Gasteiger partial charge on any atom is 0.194 e. The number of pyridine rings is 1. The van der Waals surface area contributed by atoms with Crippen LogP contribution in [0.25, 0.3) is 5.65 Å². The van der Waals surface area contributed by atoms with Crippen molar-refractivity contribution < 1.29 is 18.3 Å². The molecule has 1 aromatic carbocycles. The molecule has 0 saturated carbocycles. The van der Waals surface area contributed by atoms with Gasteiger partial charge in [0.1, 0.15) is 5.65 Å². The number of nitrogens with one attached hydrogen (secondary N) is 1. The number of aliphatic hydroxyl groups excluding tert-OH is 1. The predicted octanol–water partition coefficient (Wildman–Crippen LogP) is 2.88. The molecule has 0 bridgehead atoms. The van der Waals surface area contributed by atoms with Crippen LogP contribution in [0.15, 0.2) is 36.7 Å². The Morgan fingerprint density at radius 1 is 1.21 bits per heavy atom. The molecule has 2 aromatic heterocycles. The van der Waals surface area contributed by atoms with E-state index in [1.54, 1.807) is 6.20 Å². The van der Waals surface area contributed by atoms with E-state index in [1.165, 1.54) is 0 Å². The monoisotopic (exact) mass is 335 g/mol. The molecule has 126 valence electrons. The largest absolute Gasteiger partial charge is 0.394 e. The molecule has 1 atom stereocenters. The van der Waals surface area contributed by atoms with Crippen molar-refractivity contribution >= 4 is 5.65 Å². The van der Waals surface area contributed by atoms with E-state index < -0.39 is 23.5 Å². The minimum atomic E-state index is -1.52. The van der Waals surface area contributed by atoms with Gasteiger partial charge >= 0.3 is 0 Å². The van der Waals surface area contributed by atoms with Gasteiger partial charge in [0.15, 0.2) is 17.5 Å². The minimum absolute atomic E-state index is 0.138. The third-order valence-electron chi connectivity index (χ3n) is 3.85. The fraction of sp³-hybridized carbons (Fsp3) is 0.235. The van der Waals surface area contributed by atoms with Gasteiger partial charge in [-0.1, -0.05) is 6.07 Å². The van der Waals surface area contributed by atoms with Crippen LogP contribution in [-0.4, -0.2) is 21.1 Å². The maximum atomic E-state index is 13.4. The van der Waals surface area contributed by atoms with Crippen molar-refractivity contribution in [2.24, 2.45) is 0 Å². The second kappa shape index (κ2) is 6.62. The topological polar surface area (TPSA) is 49.6 Å². The van der Waals surface area contributed by atoms with E-state index in [2.05, 4.69) is 10.3 Å². The zero-order valence-corrected chi connectivity index (χ0v) is 12.9. The number of fused-ring (bicyclic) bond motifs is 1. The second-order valence-electron chi connectivity index (χ2n) is 5.60. The summed E-state index contributed by atoms with van der Waals surface area (Å²) in [6.07, 6.45) is 3.60. The molecule has 0 aliphatic heterocycles. The number of imidazole rings is 1. The summed E-state index contributed by atoms with van der Waals surface area (Å²) >= 11 is 0. The van der Waals surface area contributed by atoms with E-state index in [9.17, 15) is 18.3 Å². The molecule has 7 heteroatoms. The number of nitrogens with zero attached hydrogens (tertiary/aromatic N) is 2. The van der Waals surface area contributed by atoms with Gasteiger partial charge in [-0.3, -0.25) is 0 Å². The Hall–Kier alpha value is -2.38. The Labute approximate surface area is 136 Å². The summed E-state index contributed by atoms with van der Waals surface area (Å²) in [4.78, 5) is 4.27. The molecule has 4 nitrogen and oxygen atoms in total. The quantitative estimate of drug-likeness (QED) is 0.705. The molecular weight excluding hydrogens is 319 g/mol. The summed E-state index contributed by atoms with van der Waals surface area (Å²) in [7, 11) is 0. The van der Waals surface area contributed by atoms with Gasteiger partial charge in [0.2, 0.25) is 0 Å². The molecule has 3 rings (SSSR count). The molecule has 24 heavy (non-hydrogen) atoms. The number of aliphatic hydroxyl groups is 1. The summed E-state index contributed by atoms with van der Waals surface area (Å²) in [5.41, 5.74) is 2.80. The summed E-state index contributed by atoms with van der Waals surface area (Å²) in [5, 5.41) is 12.5. The second-order valence-corrected chi connectivity index (χ2v) is 5.60. The zero-order chi connectivity index (χ0) is 17.3. The van der Waals surface area contributed by atoms with Crippen LogP contribution in [-0.2, 0) is 6.54 Å². The number of hydrogen-bond acceptors (Lipinski definition) is 3. The van der Waals surface area contributed by atoms with Gasteiger partial charge in [-0.15, -0.1) is 0 Å². The van der Waals surface area contributed by atoms with E-state index in [0.717, 1.165) is 29.0 Å². The first-order valence-electron chi connectivity index (χ1n) is 7.41. The summed E-state index contributed by atoms with van der Waals surface area (Å²) in [5.74, 6) is -4.08. The van der Waals surface area contributed by atoms with Gasteiger partial charge in [0, 0.05) is 12.7 Å². The van der Waals surface area contributed by atoms with Crippen LogP contribution in [0.5, 0.6) is 0 Å². The summed E-state index contributed by atoms with van der Waals surface area (Å²) < 4.78 is 41.7. The van der Waals surface area contributed by atoms with Gasteiger partial charge < -0.3 is 14.8 Å². The fourth-order valence-corrected chi connectivity index (χ4v) is 2.56. The average Bonchev–Trinajstić information content (AvgIpc) is 2.95. The smallest absolute Gasteiger partial charge is 0.194 e. The van der Waals surface area contributed by atoms with E-state index >= 15 is 0 Å².